The molecule has 0 radical (unpaired) electrons. The van der Waals surface area contributed by atoms with Crippen molar-refractivity contribution >= 4 is 0 Å². The SMILES string of the molecule is OC(CC1CCOc2ccccc21)C(F)F. The maximum absolute atomic E-state index is 12.3. The zero-order chi connectivity index (χ0) is 11.5. The van der Waals surface area contributed by atoms with Gasteiger partial charge in [0.15, 0.2) is 0 Å². The van der Waals surface area contributed by atoms with Gasteiger partial charge in [-0.1, -0.05) is 18.2 Å². The highest BCUT2D eigenvalue weighted by Gasteiger charge is 2.27. The maximum atomic E-state index is 12.3. The molecule has 1 aromatic rings. The molecule has 1 N–H and O–H groups in total. The van der Waals surface area contributed by atoms with Crippen LogP contribution in [-0.4, -0.2) is 24.2 Å². The van der Waals surface area contributed by atoms with Gasteiger partial charge in [-0.25, -0.2) is 8.78 Å². The average Bonchev–Trinajstić information content (AvgIpc) is 2.29. The van der Waals surface area contributed by atoms with Crippen LogP contribution in [0, 0.1) is 0 Å². The largest absolute Gasteiger partial charge is 0.493 e. The fourth-order valence-electron chi connectivity index (χ4n) is 2.06. The van der Waals surface area contributed by atoms with Crippen molar-refractivity contribution in [2.75, 3.05) is 6.61 Å². The van der Waals surface area contributed by atoms with Crippen molar-refractivity contribution in [3.63, 3.8) is 0 Å². The first-order chi connectivity index (χ1) is 7.68. The van der Waals surface area contributed by atoms with Crippen LogP contribution in [0.5, 0.6) is 5.75 Å². The van der Waals surface area contributed by atoms with E-state index in [0.717, 1.165) is 11.3 Å². The number of aliphatic hydroxyl groups excluding tert-OH is 1. The minimum atomic E-state index is -2.67. The molecule has 1 aliphatic rings. The van der Waals surface area contributed by atoms with Gasteiger partial charge in [-0.2, -0.15) is 0 Å². The van der Waals surface area contributed by atoms with Crippen molar-refractivity contribution in [1.82, 2.24) is 0 Å². The lowest BCUT2D eigenvalue weighted by molar-refractivity contribution is -0.0144. The lowest BCUT2D eigenvalue weighted by Crippen LogP contribution is -2.24. The minimum Gasteiger partial charge on any atom is -0.493 e. The van der Waals surface area contributed by atoms with Gasteiger partial charge in [0, 0.05) is 0 Å². The summed E-state index contributed by atoms with van der Waals surface area (Å²) < 4.78 is 30.0. The number of hydrogen-bond acceptors (Lipinski definition) is 2. The number of benzene rings is 1. The number of aliphatic hydroxyl groups is 1. The Bertz CT molecular complexity index is 355. The zero-order valence-electron chi connectivity index (χ0n) is 8.77. The predicted octanol–water partition coefficient (Wildman–Crippen LogP) is 2.57. The third kappa shape index (κ3) is 2.32. The Morgan fingerprint density at radius 2 is 2.12 bits per heavy atom. The molecule has 0 saturated heterocycles. The molecule has 1 heterocycles. The van der Waals surface area contributed by atoms with Crippen molar-refractivity contribution in [3.8, 4) is 5.75 Å². The van der Waals surface area contributed by atoms with E-state index in [1.165, 1.54) is 0 Å². The average molecular weight is 228 g/mol. The molecular weight excluding hydrogens is 214 g/mol. The van der Waals surface area contributed by atoms with Crippen LogP contribution in [0.2, 0.25) is 0 Å². The second-order valence-corrected chi connectivity index (χ2v) is 4.01. The summed E-state index contributed by atoms with van der Waals surface area (Å²) >= 11 is 0. The van der Waals surface area contributed by atoms with Gasteiger partial charge in [-0.3, -0.25) is 0 Å². The molecule has 4 heteroatoms. The van der Waals surface area contributed by atoms with Gasteiger partial charge >= 0.3 is 0 Å². The molecular formula is C12H14F2O2. The number of halogens is 2. The van der Waals surface area contributed by atoms with Crippen molar-refractivity contribution in [1.29, 1.82) is 0 Å². The Morgan fingerprint density at radius 1 is 1.38 bits per heavy atom. The van der Waals surface area contributed by atoms with Crippen molar-refractivity contribution in [3.05, 3.63) is 29.8 Å². The highest BCUT2D eigenvalue weighted by molar-refractivity contribution is 5.37. The first-order valence-corrected chi connectivity index (χ1v) is 5.36. The Hall–Kier alpha value is -1.16. The minimum absolute atomic E-state index is 0.0334. The molecule has 0 spiro atoms. The van der Waals surface area contributed by atoms with E-state index in [9.17, 15) is 13.9 Å². The van der Waals surface area contributed by atoms with Gasteiger partial charge in [0.25, 0.3) is 6.43 Å². The van der Waals surface area contributed by atoms with E-state index in [2.05, 4.69) is 0 Å². The fourth-order valence-corrected chi connectivity index (χ4v) is 2.06. The highest BCUT2D eigenvalue weighted by Crippen LogP contribution is 2.36. The van der Waals surface area contributed by atoms with Gasteiger partial charge in [0.1, 0.15) is 11.9 Å². The molecule has 0 amide bonds. The lowest BCUT2D eigenvalue weighted by Gasteiger charge is -2.27. The molecule has 2 rings (SSSR count). The Kier molecular flexibility index (Phi) is 3.39. The van der Waals surface area contributed by atoms with E-state index in [0.29, 0.717) is 13.0 Å². The van der Waals surface area contributed by atoms with Crippen molar-refractivity contribution in [2.24, 2.45) is 0 Å². The van der Waals surface area contributed by atoms with Gasteiger partial charge < -0.3 is 9.84 Å². The molecule has 1 aromatic carbocycles. The normalized spacial score (nSPS) is 21.4. The van der Waals surface area contributed by atoms with Crippen LogP contribution in [0.3, 0.4) is 0 Å². The third-order valence-electron chi connectivity index (χ3n) is 2.90. The second-order valence-electron chi connectivity index (χ2n) is 4.01. The van der Waals surface area contributed by atoms with E-state index >= 15 is 0 Å². The number of fused-ring (bicyclic) bond motifs is 1. The number of alkyl halides is 2. The Balaban J connectivity index is 2.13. The van der Waals surface area contributed by atoms with E-state index in [-0.39, 0.29) is 12.3 Å². The number of para-hydroxylation sites is 1. The summed E-state index contributed by atoms with van der Waals surface area (Å²) in [5.74, 6) is 0.717. The van der Waals surface area contributed by atoms with E-state index < -0.39 is 12.5 Å². The highest BCUT2D eigenvalue weighted by atomic mass is 19.3. The summed E-state index contributed by atoms with van der Waals surface area (Å²) in [4.78, 5) is 0. The van der Waals surface area contributed by atoms with Crippen LogP contribution in [0.25, 0.3) is 0 Å². The molecule has 16 heavy (non-hydrogen) atoms. The molecule has 2 atom stereocenters. The van der Waals surface area contributed by atoms with E-state index in [4.69, 9.17) is 4.74 Å². The topological polar surface area (TPSA) is 29.5 Å². The summed E-state index contributed by atoms with van der Waals surface area (Å²) in [5.41, 5.74) is 0.924. The summed E-state index contributed by atoms with van der Waals surface area (Å²) in [5, 5.41) is 9.21. The van der Waals surface area contributed by atoms with Crippen LogP contribution in [-0.2, 0) is 0 Å². The maximum Gasteiger partial charge on any atom is 0.264 e. The van der Waals surface area contributed by atoms with Crippen molar-refractivity contribution in [2.45, 2.75) is 31.3 Å². The van der Waals surface area contributed by atoms with Gasteiger partial charge in [-0.15, -0.1) is 0 Å². The third-order valence-corrected chi connectivity index (χ3v) is 2.90. The number of rotatable bonds is 3. The van der Waals surface area contributed by atoms with E-state index in [1.807, 2.05) is 24.3 Å². The molecule has 0 saturated carbocycles. The predicted molar refractivity (Wildman–Crippen MR) is 55.9 cm³/mol. The number of ether oxygens (including phenoxy) is 1. The Labute approximate surface area is 92.9 Å². The monoisotopic (exact) mass is 228 g/mol. The molecule has 0 bridgehead atoms. The summed E-state index contributed by atoms with van der Waals surface area (Å²) in [7, 11) is 0. The van der Waals surface area contributed by atoms with Crippen LogP contribution in [0.1, 0.15) is 24.3 Å². The molecule has 0 aliphatic carbocycles. The molecule has 2 unspecified atom stereocenters. The number of hydrogen-bond donors (Lipinski definition) is 1. The Morgan fingerprint density at radius 3 is 2.88 bits per heavy atom. The summed E-state index contributed by atoms with van der Waals surface area (Å²) in [6, 6.07) is 7.41. The molecule has 2 nitrogen and oxygen atoms in total. The lowest BCUT2D eigenvalue weighted by atomic mass is 9.88. The first kappa shape index (κ1) is 11.3. The summed E-state index contributed by atoms with van der Waals surface area (Å²) in [6.45, 7) is 0.525. The fraction of sp³-hybridized carbons (Fsp3) is 0.500. The van der Waals surface area contributed by atoms with Crippen LogP contribution < -0.4 is 4.74 Å². The summed E-state index contributed by atoms with van der Waals surface area (Å²) in [6.07, 6.45) is -3.44. The van der Waals surface area contributed by atoms with E-state index in [1.54, 1.807) is 0 Å². The zero-order valence-corrected chi connectivity index (χ0v) is 8.77. The van der Waals surface area contributed by atoms with Gasteiger partial charge in [0.05, 0.1) is 6.61 Å². The van der Waals surface area contributed by atoms with Gasteiger partial charge in [-0.05, 0) is 30.4 Å². The molecule has 0 aromatic heterocycles. The molecule has 1 aliphatic heterocycles. The molecule has 88 valence electrons. The standard InChI is InChI=1S/C12H14F2O2/c13-12(14)10(15)7-8-5-6-16-11-4-2-1-3-9(8)11/h1-4,8,10,12,15H,5-7H2. The van der Waals surface area contributed by atoms with Crippen LogP contribution in [0.15, 0.2) is 24.3 Å². The van der Waals surface area contributed by atoms with Crippen LogP contribution in [0.4, 0.5) is 8.78 Å². The van der Waals surface area contributed by atoms with Gasteiger partial charge in [0.2, 0.25) is 0 Å². The second kappa shape index (κ2) is 4.78. The first-order valence-electron chi connectivity index (χ1n) is 5.36. The molecule has 0 fully saturated rings. The van der Waals surface area contributed by atoms with Crippen LogP contribution >= 0.6 is 0 Å². The smallest absolute Gasteiger partial charge is 0.264 e. The quantitative estimate of drug-likeness (QED) is 0.861. The van der Waals surface area contributed by atoms with Crippen molar-refractivity contribution < 1.29 is 18.6 Å².